The summed E-state index contributed by atoms with van der Waals surface area (Å²) < 4.78 is 10.1. The van der Waals surface area contributed by atoms with Crippen molar-refractivity contribution in [2.24, 2.45) is 0 Å². The SMILES string of the molecule is COCCc1noc(CNC(=O)c2ccc(-c3nc(C)cc(C)n3)cc2)n1. The van der Waals surface area contributed by atoms with Gasteiger partial charge in [0.25, 0.3) is 5.91 Å². The van der Waals surface area contributed by atoms with Crippen molar-refractivity contribution in [2.75, 3.05) is 13.7 Å². The van der Waals surface area contributed by atoms with Gasteiger partial charge in [-0.15, -0.1) is 0 Å². The number of benzene rings is 1. The summed E-state index contributed by atoms with van der Waals surface area (Å²) in [4.78, 5) is 25.4. The Kier molecular flexibility index (Phi) is 5.87. The van der Waals surface area contributed by atoms with Crippen molar-refractivity contribution in [1.82, 2.24) is 25.4 Å². The molecule has 0 unspecified atom stereocenters. The fraction of sp³-hybridized carbons (Fsp3) is 0.316. The third kappa shape index (κ3) is 4.95. The van der Waals surface area contributed by atoms with Gasteiger partial charge in [-0.1, -0.05) is 17.3 Å². The largest absolute Gasteiger partial charge is 0.384 e. The summed E-state index contributed by atoms with van der Waals surface area (Å²) >= 11 is 0. The van der Waals surface area contributed by atoms with Gasteiger partial charge in [-0.2, -0.15) is 4.98 Å². The summed E-state index contributed by atoms with van der Waals surface area (Å²) in [5.41, 5.74) is 3.20. The van der Waals surface area contributed by atoms with Gasteiger partial charge in [-0.25, -0.2) is 9.97 Å². The van der Waals surface area contributed by atoms with Crippen LogP contribution in [0.5, 0.6) is 0 Å². The lowest BCUT2D eigenvalue weighted by Crippen LogP contribution is -2.22. The first-order valence-electron chi connectivity index (χ1n) is 8.56. The minimum Gasteiger partial charge on any atom is -0.384 e. The Hall–Kier alpha value is -3.13. The van der Waals surface area contributed by atoms with Gasteiger partial charge in [-0.05, 0) is 32.0 Å². The topological polar surface area (TPSA) is 103 Å². The molecule has 0 atom stereocenters. The third-order valence-electron chi connectivity index (χ3n) is 3.83. The predicted molar refractivity (Wildman–Crippen MR) is 98.0 cm³/mol. The zero-order valence-electron chi connectivity index (χ0n) is 15.5. The van der Waals surface area contributed by atoms with Gasteiger partial charge in [0.1, 0.15) is 0 Å². The van der Waals surface area contributed by atoms with Crippen molar-refractivity contribution < 1.29 is 14.1 Å². The van der Waals surface area contributed by atoms with Gasteiger partial charge in [0.15, 0.2) is 11.6 Å². The molecule has 2 aromatic heterocycles. The van der Waals surface area contributed by atoms with E-state index in [1.807, 2.05) is 32.0 Å². The predicted octanol–water partition coefficient (Wildman–Crippen LogP) is 2.26. The number of hydrogen-bond acceptors (Lipinski definition) is 7. The van der Waals surface area contributed by atoms with Gasteiger partial charge in [0.2, 0.25) is 5.89 Å². The van der Waals surface area contributed by atoms with Crippen LogP contribution >= 0.6 is 0 Å². The molecule has 0 aliphatic heterocycles. The Bertz CT molecular complexity index is 901. The highest BCUT2D eigenvalue weighted by Gasteiger charge is 2.11. The van der Waals surface area contributed by atoms with Crippen LogP contribution in [-0.4, -0.2) is 39.7 Å². The second-order valence-corrected chi connectivity index (χ2v) is 6.08. The maximum Gasteiger partial charge on any atom is 0.251 e. The normalized spacial score (nSPS) is 10.8. The molecule has 0 aliphatic carbocycles. The van der Waals surface area contributed by atoms with Crippen molar-refractivity contribution in [2.45, 2.75) is 26.8 Å². The lowest BCUT2D eigenvalue weighted by molar-refractivity contribution is 0.0946. The molecule has 0 fully saturated rings. The summed E-state index contributed by atoms with van der Waals surface area (Å²) in [6.45, 7) is 4.54. The first-order valence-corrected chi connectivity index (χ1v) is 8.56. The van der Waals surface area contributed by atoms with Crippen molar-refractivity contribution in [1.29, 1.82) is 0 Å². The monoisotopic (exact) mass is 367 g/mol. The fourth-order valence-corrected chi connectivity index (χ4v) is 2.54. The Morgan fingerprint density at radius 1 is 1.11 bits per heavy atom. The molecule has 1 amide bonds. The molecule has 27 heavy (non-hydrogen) atoms. The molecule has 0 radical (unpaired) electrons. The lowest BCUT2D eigenvalue weighted by atomic mass is 10.1. The number of amides is 1. The number of rotatable bonds is 7. The first kappa shape index (κ1) is 18.7. The molecule has 0 saturated heterocycles. The van der Waals surface area contributed by atoms with Crippen LogP contribution in [0.25, 0.3) is 11.4 Å². The second-order valence-electron chi connectivity index (χ2n) is 6.08. The highest BCUT2D eigenvalue weighted by Crippen LogP contribution is 2.17. The van der Waals surface area contributed by atoms with Gasteiger partial charge in [0, 0.05) is 36.0 Å². The maximum atomic E-state index is 12.3. The van der Waals surface area contributed by atoms with E-state index in [4.69, 9.17) is 9.26 Å². The van der Waals surface area contributed by atoms with Gasteiger partial charge in [-0.3, -0.25) is 4.79 Å². The zero-order valence-corrected chi connectivity index (χ0v) is 15.5. The van der Waals surface area contributed by atoms with Crippen LogP contribution in [0.4, 0.5) is 0 Å². The van der Waals surface area contributed by atoms with Gasteiger partial charge >= 0.3 is 0 Å². The van der Waals surface area contributed by atoms with E-state index < -0.39 is 0 Å². The van der Waals surface area contributed by atoms with Crippen molar-refractivity contribution in [3.8, 4) is 11.4 Å². The Labute approximate surface area is 157 Å². The van der Waals surface area contributed by atoms with Crippen LogP contribution in [0.1, 0.15) is 33.5 Å². The summed E-state index contributed by atoms with van der Waals surface area (Å²) in [5.74, 6) is 1.34. The van der Waals surface area contributed by atoms with E-state index in [0.717, 1.165) is 17.0 Å². The molecular formula is C19H21N5O3. The number of aromatic nitrogens is 4. The molecule has 3 rings (SSSR count). The molecule has 8 nitrogen and oxygen atoms in total. The average Bonchev–Trinajstić information content (AvgIpc) is 3.11. The summed E-state index contributed by atoms with van der Waals surface area (Å²) in [5, 5.41) is 6.60. The number of nitrogens with one attached hydrogen (secondary N) is 1. The molecular weight excluding hydrogens is 346 g/mol. The summed E-state index contributed by atoms with van der Waals surface area (Å²) in [6, 6.07) is 9.06. The number of methoxy groups -OCH3 is 1. The van der Waals surface area contributed by atoms with Crippen LogP contribution in [0.15, 0.2) is 34.9 Å². The van der Waals surface area contributed by atoms with Crippen LogP contribution in [0.3, 0.4) is 0 Å². The van der Waals surface area contributed by atoms with Crippen molar-refractivity contribution in [3.05, 3.63) is 59.0 Å². The third-order valence-corrected chi connectivity index (χ3v) is 3.83. The van der Waals surface area contributed by atoms with Gasteiger partial charge in [0.05, 0.1) is 13.2 Å². The van der Waals surface area contributed by atoms with Crippen LogP contribution in [0, 0.1) is 13.8 Å². The van der Waals surface area contributed by atoms with E-state index >= 15 is 0 Å². The van der Waals surface area contributed by atoms with Crippen LogP contribution < -0.4 is 5.32 Å². The summed E-state index contributed by atoms with van der Waals surface area (Å²) in [7, 11) is 1.61. The highest BCUT2D eigenvalue weighted by molar-refractivity contribution is 5.94. The number of ether oxygens (including phenoxy) is 1. The molecule has 1 aromatic carbocycles. The first-order chi connectivity index (χ1) is 13.0. The quantitative estimate of drug-likeness (QED) is 0.683. The number of hydrogen-bond donors (Lipinski definition) is 1. The standard InChI is InChI=1S/C19H21N5O3/c1-12-10-13(2)22-18(21-12)14-4-6-15(7-5-14)19(25)20-11-17-23-16(24-27-17)8-9-26-3/h4-7,10H,8-9,11H2,1-3H3,(H,20,25). The molecule has 8 heteroatoms. The van der Waals surface area contributed by atoms with E-state index in [9.17, 15) is 4.79 Å². The maximum absolute atomic E-state index is 12.3. The molecule has 0 spiro atoms. The van der Waals surface area contributed by atoms with E-state index in [1.165, 1.54) is 0 Å². The second kappa shape index (κ2) is 8.50. The molecule has 0 bridgehead atoms. The number of carbonyl (C=O) groups excluding carboxylic acids is 1. The van der Waals surface area contributed by atoms with E-state index in [1.54, 1.807) is 19.2 Å². The van der Waals surface area contributed by atoms with E-state index in [2.05, 4.69) is 25.4 Å². The number of nitrogens with zero attached hydrogens (tertiary/aromatic N) is 4. The van der Waals surface area contributed by atoms with Crippen LogP contribution in [0.2, 0.25) is 0 Å². The molecule has 140 valence electrons. The summed E-state index contributed by atoms with van der Waals surface area (Å²) in [6.07, 6.45) is 0.565. The molecule has 2 heterocycles. The molecule has 0 saturated carbocycles. The van der Waals surface area contributed by atoms with Crippen LogP contribution in [-0.2, 0) is 17.7 Å². The Balaban J connectivity index is 1.61. The minimum absolute atomic E-state index is 0.167. The van der Waals surface area contributed by atoms with Crippen molar-refractivity contribution >= 4 is 5.91 Å². The van der Waals surface area contributed by atoms with E-state index in [-0.39, 0.29) is 12.5 Å². The molecule has 0 aliphatic rings. The van der Waals surface area contributed by atoms with Gasteiger partial charge < -0.3 is 14.6 Å². The number of carbonyl (C=O) groups is 1. The Morgan fingerprint density at radius 2 is 1.81 bits per heavy atom. The zero-order chi connectivity index (χ0) is 19.2. The Morgan fingerprint density at radius 3 is 2.48 bits per heavy atom. The molecule has 3 aromatic rings. The lowest BCUT2D eigenvalue weighted by Gasteiger charge is -2.05. The van der Waals surface area contributed by atoms with E-state index in [0.29, 0.717) is 36.1 Å². The minimum atomic E-state index is -0.223. The number of aryl methyl sites for hydroxylation is 2. The molecule has 1 N–H and O–H groups in total. The highest BCUT2D eigenvalue weighted by atomic mass is 16.5. The smallest absolute Gasteiger partial charge is 0.251 e. The van der Waals surface area contributed by atoms with Crippen molar-refractivity contribution in [3.63, 3.8) is 0 Å². The average molecular weight is 367 g/mol. The fourth-order valence-electron chi connectivity index (χ4n) is 2.54.